The lowest BCUT2D eigenvalue weighted by Gasteiger charge is -2.30. The van der Waals surface area contributed by atoms with Crippen molar-refractivity contribution in [3.8, 4) is 17.0 Å². The van der Waals surface area contributed by atoms with E-state index in [4.69, 9.17) is 15.5 Å². The third kappa shape index (κ3) is 5.42. The van der Waals surface area contributed by atoms with Gasteiger partial charge in [-0.3, -0.25) is 4.79 Å². The summed E-state index contributed by atoms with van der Waals surface area (Å²) in [6.07, 6.45) is 3.07. The van der Waals surface area contributed by atoms with Crippen LogP contribution in [0.1, 0.15) is 47.7 Å². The predicted molar refractivity (Wildman–Crippen MR) is 148 cm³/mol. The van der Waals surface area contributed by atoms with Crippen molar-refractivity contribution in [2.24, 2.45) is 11.8 Å². The Kier molecular flexibility index (Phi) is 6.95. The second kappa shape index (κ2) is 10.2. The summed E-state index contributed by atoms with van der Waals surface area (Å²) in [6, 6.07) is 11.9. The Balaban J connectivity index is 0.00000196. The highest BCUT2D eigenvalue weighted by atomic mass is 32.2. The molecule has 0 spiro atoms. The topological polar surface area (TPSA) is 128 Å². The van der Waals surface area contributed by atoms with Gasteiger partial charge in [0.15, 0.2) is 5.03 Å². The standard InChI is InChI=1S/C27H30FN5O4S.3H2/c1-16(2)15-37-21-12-18(11-19(28)13-21)23-9-8-22(26(30-23)33-14-17-6-7-20(33)10-17)27(34)32-38(35,36)25-5-3-4-24(29)31-25;;;/h3-5,8-9,11-13,16-17,20H,6-7,10,14-15H2,1-2H3,(H2,29,31)(H,32,34);3*1H/t17-,20-;;;/m1.../s1. The molecule has 206 valence electrons. The van der Waals surface area contributed by atoms with Gasteiger partial charge in [-0.1, -0.05) is 19.9 Å². The summed E-state index contributed by atoms with van der Waals surface area (Å²) in [6.45, 7) is 5.17. The maximum absolute atomic E-state index is 14.5. The molecule has 1 saturated heterocycles. The third-order valence-electron chi connectivity index (χ3n) is 6.80. The number of hydrogen-bond donors (Lipinski definition) is 2. The SMILES string of the molecule is CC(C)COc1cc(F)cc(-c2ccc(C(=O)NS(=O)(=O)c3cccc(N)n3)c(N3C[C@@H]4CC[C@@H]3C4)n2)c1.[HH].[HH].[HH]. The Bertz CT molecular complexity index is 1500. The molecule has 1 amide bonds. The monoisotopic (exact) mass is 545 g/mol. The summed E-state index contributed by atoms with van der Waals surface area (Å²) in [4.78, 5) is 24.0. The van der Waals surface area contributed by atoms with Crippen LogP contribution in [0.3, 0.4) is 0 Å². The molecule has 3 N–H and O–H groups in total. The number of carbonyl (C=O) groups excluding carboxylic acids is 1. The Morgan fingerprint density at radius 1 is 1.21 bits per heavy atom. The molecule has 11 heteroatoms. The van der Waals surface area contributed by atoms with E-state index in [1.54, 1.807) is 12.1 Å². The molecule has 1 aliphatic heterocycles. The van der Waals surface area contributed by atoms with Gasteiger partial charge in [-0.15, -0.1) is 0 Å². The molecule has 2 aromatic heterocycles. The van der Waals surface area contributed by atoms with E-state index in [-0.39, 0.29) is 32.6 Å². The quantitative estimate of drug-likeness (QED) is 0.415. The first kappa shape index (κ1) is 25.9. The zero-order valence-electron chi connectivity index (χ0n) is 21.2. The van der Waals surface area contributed by atoms with E-state index in [9.17, 15) is 17.6 Å². The van der Waals surface area contributed by atoms with Crippen LogP contribution in [0, 0.1) is 17.7 Å². The minimum atomic E-state index is -4.27. The number of nitrogen functional groups attached to an aromatic ring is 1. The first-order valence-corrected chi connectivity index (χ1v) is 14.1. The summed E-state index contributed by atoms with van der Waals surface area (Å²) < 4.78 is 48.0. The molecule has 1 aliphatic carbocycles. The van der Waals surface area contributed by atoms with Crippen LogP contribution in [-0.2, 0) is 10.0 Å². The molecule has 0 radical (unpaired) electrons. The van der Waals surface area contributed by atoms with Gasteiger partial charge in [-0.25, -0.2) is 19.1 Å². The van der Waals surface area contributed by atoms with Crippen molar-refractivity contribution in [3.05, 3.63) is 59.9 Å². The van der Waals surface area contributed by atoms with Crippen molar-refractivity contribution in [1.82, 2.24) is 14.7 Å². The van der Waals surface area contributed by atoms with Crippen molar-refractivity contribution in [1.29, 1.82) is 0 Å². The van der Waals surface area contributed by atoms with Crippen LogP contribution in [-0.4, -0.2) is 43.5 Å². The molecule has 2 bridgehead atoms. The zero-order valence-corrected chi connectivity index (χ0v) is 22.0. The average molecular weight is 546 g/mol. The largest absolute Gasteiger partial charge is 0.493 e. The fraction of sp³-hybridized carbons (Fsp3) is 0.370. The van der Waals surface area contributed by atoms with Gasteiger partial charge in [0.2, 0.25) is 0 Å². The first-order chi connectivity index (χ1) is 18.1. The lowest BCUT2D eigenvalue weighted by Crippen LogP contribution is -2.37. The van der Waals surface area contributed by atoms with Gasteiger partial charge in [0.25, 0.3) is 15.9 Å². The van der Waals surface area contributed by atoms with E-state index >= 15 is 0 Å². The van der Waals surface area contributed by atoms with E-state index in [2.05, 4.69) is 14.6 Å². The number of piperidine rings is 1. The summed E-state index contributed by atoms with van der Waals surface area (Å²) in [7, 11) is -4.27. The van der Waals surface area contributed by atoms with Crippen molar-refractivity contribution < 1.29 is 26.6 Å². The van der Waals surface area contributed by atoms with Gasteiger partial charge in [-0.05, 0) is 67.5 Å². The highest BCUT2D eigenvalue weighted by molar-refractivity contribution is 7.90. The van der Waals surface area contributed by atoms with Crippen LogP contribution in [0.2, 0.25) is 0 Å². The summed E-state index contributed by atoms with van der Waals surface area (Å²) in [5.74, 6) is 0.252. The molecule has 2 atom stereocenters. The molecule has 5 rings (SSSR count). The number of sulfonamides is 1. The first-order valence-electron chi connectivity index (χ1n) is 12.6. The fourth-order valence-corrected chi connectivity index (χ4v) is 6.00. The Morgan fingerprint density at radius 2 is 2.03 bits per heavy atom. The minimum Gasteiger partial charge on any atom is -0.493 e. The number of nitrogens with two attached hydrogens (primary N) is 1. The Morgan fingerprint density at radius 3 is 2.71 bits per heavy atom. The molecule has 0 unspecified atom stereocenters. The number of anilines is 2. The molecule has 2 fully saturated rings. The number of rotatable bonds is 8. The molecule has 1 saturated carbocycles. The van der Waals surface area contributed by atoms with E-state index in [0.29, 0.717) is 35.3 Å². The van der Waals surface area contributed by atoms with Crippen LogP contribution < -0.4 is 20.1 Å². The number of halogens is 1. The molecule has 9 nitrogen and oxygen atoms in total. The lowest BCUT2D eigenvalue weighted by molar-refractivity contribution is 0.0981. The van der Waals surface area contributed by atoms with Crippen molar-refractivity contribution in [2.75, 3.05) is 23.8 Å². The second-order valence-electron chi connectivity index (χ2n) is 10.3. The van der Waals surface area contributed by atoms with Gasteiger partial charge in [-0.2, -0.15) is 8.42 Å². The zero-order chi connectivity index (χ0) is 27.0. The molecule has 3 heterocycles. The number of benzene rings is 1. The average Bonchev–Trinajstić information content (AvgIpc) is 3.51. The summed E-state index contributed by atoms with van der Waals surface area (Å²) in [5, 5.41) is -0.356. The number of pyridine rings is 2. The van der Waals surface area contributed by atoms with Gasteiger partial charge in [0.1, 0.15) is 23.2 Å². The highest BCUT2D eigenvalue weighted by Gasteiger charge is 2.40. The van der Waals surface area contributed by atoms with Crippen LogP contribution >= 0.6 is 0 Å². The Labute approximate surface area is 225 Å². The van der Waals surface area contributed by atoms with E-state index in [1.807, 2.05) is 13.8 Å². The van der Waals surface area contributed by atoms with Crippen LogP contribution in [0.4, 0.5) is 16.0 Å². The Hall–Kier alpha value is -3.73. The van der Waals surface area contributed by atoms with E-state index < -0.39 is 21.7 Å². The summed E-state index contributed by atoms with van der Waals surface area (Å²) >= 11 is 0. The van der Waals surface area contributed by atoms with Crippen LogP contribution in [0.5, 0.6) is 5.75 Å². The van der Waals surface area contributed by atoms with Gasteiger partial charge in [0.05, 0.1) is 17.9 Å². The van der Waals surface area contributed by atoms with Crippen LogP contribution in [0.15, 0.2) is 53.6 Å². The van der Waals surface area contributed by atoms with E-state index in [1.165, 1.54) is 36.4 Å². The lowest BCUT2D eigenvalue weighted by atomic mass is 10.1. The fourth-order valence-electron chi connectivity index (χ4n) is 5.06. The maximum atomic E-state index is 14.5. The number of hydrogen-bond acceptors (Lipinski definition) is 8. The molecule has 38 heavy (non-hydrogen) atoms. The second-order valence-corrected chi connectivity index (χ2v) is 11.9. The van der Waals surface area contributed by atoms with Gasteiger partial charge >= 0.3 is 0 Å². The number of amides is 1. The molecular weight excluding hydrogens is 509 g/mol. The molecule has 3 aromatic rings. The molecule has 1 aromatic carbocycles. The molecule has 2 aliphatic rings. The van der Waals surface area contributed by atoms with Gasteiger partial charge < -0.3 is 15.4 Å². The maximum Gasteiger partial charge on any atom is 0.281 e. The van der Waals surface area contributed by atoms with Crippen molar-refractivity contribution in [2.45, 2.75) is 44.2 Å². The number of nitrogens with zero attached hydrogens (tertiary/aromatic N) is 3. The number of aromatic nitrogens is 2. The normalized spacial score (nSPS) is 18.7. The summed E-state index contributed by atoms with van der Waals surface area (Å²) in [5.41, 5.74) is 6.69. The molecular formula is C27H36FN5O4S. The highest BCUT2D eigenvalue weighted by Crippen LogP contribution is 2.41. The van der Waals surface area contributed by atoms with Crippen molar-refractivity contribution >= 4 is 27.6 Å². The van der Waals surface area contributed by atoms with E-state index in [0.717, 1.165) is 25.8 Å². The minimum absolute atomic E-state index is 0. The number of ether oxygens (including phenoxy) is 1. The number of carbonyl (C=O) groups is 1. The number of fused-ring (bicyclic) bond motifs is 2. The number of nitrogens with one attached hydrogen (secondary N) is 1. The smallest absolute Gasteiger partial charge is 0.281 e. The van der Waals surface area contributed by atoms with Gasteiger partial charge in [0, 0.05) is 28.5 Å². The van der Waals surface area contributed by atoms with Crippen LogP contribution in [0.25, 0.3) is 11.3 Å². The third-order valence-corrected chi connectivity index (χ3v) is 8.03. The predicted octanol–water partition coefficient (Wildman–Crippen LogP) is 4.75. The van der Waals surface area contributed by atoms with Crippen molar-refractivity contribution in [3.63, 3.8) is 0 Å².